The molecule has 174 valence electrons. The van der Waals surface area contributed by atoms with Gasteiger partial charge in [0, 0.05) is 18.7 Å². The number of aliphatic hydroxyl groups is 1. The van der Waals surface area contributed by atoms with Gasteiger partial charge in [0.25, 0.3) is 11.7 Å². The predicted molar refractivity (Wildman–Crippen MR) is 129 cm³/mol. The normalized spacial score (nSPS) is 19.9. The van der Waals surface area contributed by atoms with Gasteiger partial charge in [-0.15, -0.1) is 0 Å². The SMILES string of the molecule is Cc1ccccc1C1/C(=C(\O)c2ccc3c(c2)CCCC3)C(=O)C(=O)N1CCCOC(C)C. The average Bonchev–Trinajstić information content (AvgIpc) is 3.06. The van der Waals surface area contributed by atoms with Gasteiger partial charge in [-0.1, -0.05) is 36.4 Å². The Morgan fingerprint density at radius 1 is 1.09 bits per heavy atom. The monoisotopic (exact) mass is 447 g/mol. The van der Waals surface area contributed by atoms with Crippen LogP contribution in [0.5, 0.6) is 0 Å². The van der Waals surface area contributed by atoms with Crippen molar-refractivity contribution in [3.8, 4) is 0 Å². The van der Waals surface area contributed by atoms with Crippen LogP contribution >= 0.6 is 0 Å². The van der Waals surface area contributed by atoms with E-state index in [0.29, 0.717) is 25.1 Å². The molecule has 2 aromatic rings. The Labute approximate surface area is 196 Å². The van der Waals surface area contributed by atoms with Crippen LogP contribution in [0.3, 0.4) is 0 Å². The molecule has 2 aromatic carbocycles. The van der Waals surface area contributed by atoms with E-state index in [-0.39, 0.29) is 17.4 Å². The molecule has 0 aromatic heterocycles. The van der Waals surface area contributed by atoms with Crippen LogP contribution < -0.4 is 0 Å². The Hall–Kier alpha value is -2.92. The molecular weight excluding hydrogens is 414 g/mol. The van der Waals surface area contributed by atoms with Crippen LogP contribution in [-0.4, -0.2) is 41.0 Å². The van der Waals surface area contributed by atoms with Gasteiger partial charge < -0.3 is 14.7 Å². The molecule has 1 heterocycles. The third-order valence-corrected chi connectivity index (χ3v) is 6.64. The summed E-state index contributed by atoms with van der Waals surface area (Å²) in [6.45, 7) is 6.80. The number of Topliss-reactive ketones (excluding diaryl/α,β-unsaturated/α-hetero) is 1. The molecule has 4 rings (SSSR count). The zero-order valence-corrected chi connectivity index (χ0v) is 19.8. The quantitative estimate of drug-likeness (QED) is 0.277. The van der Waals surface area contributed by atoms with Gasteiger partial charge in [-0.05, 0) is 81.2 Å². The molecule has 1 atom stereocenters. The minimum Gasteiger partial charge on any atom is -0.507 e. The lowest BCUT2D eigenvalue weighted by Gasteiger charge is -2.27. The molecule has 5 heteroatoms. The number of carbonyl (C=O) groups excluding carboxylic acids is 2. The average molecular weight is 448 g/mol. The van der Waals surface area contributed by atoms with Gasteiger partial charge in [-0.3, -0.25) is 9.59 Å². The number of amides is 1. The number of hydrogen-bond acceptors (Lipinski definition) is 4. The van der Waals surface area contributed by atoms with Gasteiger partial charge in [-0.25, -0.2) is 0 Å². The summed E-state index contributed by atoms with van der Waals surface area (Å²) in [6, 6.07) is 13.0. The molecule has 33 heavy (non-hydrogen) atoms. The summed E-state index contributed by atoms with van der Waals surface area (Å²) in [6.07, 6.45) is 5.05. The summed E-state index contributed by atoms with van der Waals surface area (Å²) < 4.78 is 5.64. The maximum Gasteiger partial charge on any atom is 0.295 e. The lowest BCUT2D eigenvalue weighted by atomic mass is 9.88. The van der Waals surface area contributed by atoms with Crippen molar-refractivity contribution in [1.29, 1.82) is 0 Å². The first-order chi connectivity index (χ1) is 15.9. The fourth-order valence-electron chi connectivity index (χ4n) is 4.92. The molecule has 1 N–H and O–H groups in total. The van der Waals surface area contributed by atoms with Gasteiger partial charge in [0.15, 0.2) is 0 Å². The highest BCUT2D eigenvalue weighted by molar-refractivity contribution is 6.46. The predicted octanol–water partition coefficient (Wildman–Crippen LogP) is 5.11. The summed E-state index contributed by atoms with van der Waals surface area (Å²) in [5, 5.41) is 11.4. The highest BCUT2D eigenvalue weighted by atomic mass is 16.5. The van der Waals surface area contributed by atoms with Crippen LogP contribution in [0.2, 0.25) is 0 Å². The van der Waals surface area contributed by atoms with Crippen molar-refractivity contribution in [2.75, 3.05) is 13.2 Å². The highest BCUT2D eigenvalue weighted by Crippen LogP contribution is 2.41. The highest BCUT2D eigenvalue weighted by Gasteiger charge is 2.46. The third kappa shape index (κ3) is 4.74. The Balaban J connectivity index is 1.75. The number of fused-ring (bicyclic) bond motifs is 1. The summed E-state index contributed by atoms with van der Waals surface area (Å²) in [5.41, 5.74) is 5.15. The largest absolute Gasteiger partial charge is 0.507 e. The van der Waals surface area contributed by atoms with E-state index in [0.717, 1.165) is 30.4 Å². The first-order valence-electron chi connectivity index (χ1n) is 12.0. The van der Waals surface area contributed by atoms with Crippen molar-refractivity contribution in [2.24, 2.45) is 0 Å². The Bertz CT molecular complexity index is 1090. The second-order valence-electron chi connectivity index (χ2n) is 9.31. The number of likely N-dealkylation sites (tertiary alicyclic amines) is 1. The second kappa shape index (κ2) is 9.92. The fraction of sp³-hybridized carbons (Fsp3) is 0.429. The number of carbonyl (C=O) groups is 2. The number of aryl methyl sites for hydroxylation is 3. The molecule has 1 fully saturated rings. The van der Waals surface area contributed by atoms with Crippen LogP contribution in [0.15, 0.2) is 48.0 Å². The van der Waals surface area contributed by atoms with E-state index in [1.807, 2.05) is 63.2 Å². The van der Waals surface area contributed by atoms with E-state index >= 15 is 0 Å². The van der Waals surface area contributed by atoms with Crippen LogP contribution in [0.1, 0.15) is 67.0 Å². The summed E-state index contributed by atoms with van der Waals surface area (Å²) in [4.78, 5) is 27.9. The first kappa shape index (κ1) is 23.2. The van der Waals surface area contributed by atoms with E-state index in [4.69, 9.17) is 4.74 Å². The number of benzene rings is 2. The topological polar surface area (TPSA) is 66.8 Å². The van der Waals surface area contributed by atoms with Crippen LogP contribution in [-0.2, 0) is 27.2 Å². The Morgan fingerprint density at radius 2 is 1.82 bits per heavy atom. The van der Waals surface area contributed by atoms with Gasteiger partial charge in [0.1, 0.15) is 5.76 Å². The van der Waals surface area contributed by atoms with Crippen LogP contribution in [0.4, 0.5) is 0 Å². The van der Waals surface area contributed by atoms with E-state index in [1.54, 1.807) is 4.90 Å². The van der Waals surface area contributed by atoms with Gasteiger partial charge in [0.05, 0.1) is 17.7 Å². The van der Waals surface area contributed by atoms with E-state index in [1.165, 1.54) is 17.5 Å². The maximum atomic E-state index is 13.2. The number of ketones is 1. The van der Waals surface area contributed by atoms with E-state index < -0.39 is 17.7 Å². The number of hydrogen-bond donors (Lipinski definition) is 1. The molecule has 0 radical (unpaired) electrons. The summed E-state index contributed by atoms with van der Waals surface area (Å²) in [7, 11) is 0. The van der Waals surface area contributed by atoms with Gasteiger partial charge in [-0.2, -0.15) is 0 Å². The minimum atomic E-state index is -0.622. The van der Waals surface area contributed by atoms with Crippen molar-refractivity contribution >= 4 is 17.4 Å². The fourth-order valence-corrected chi connectivity index (χ4v) is 4.92. The minimum absolute atomic E-state index is 0.0871. The lowest BCUT2D eigenvalue weighted by molar-refractivity contribution is -0.140. The standard InChI is InChI=1S/C28H33NO4/c1-18(2)33-16-8-15-29-25(23-12-7-4-9-19(23)3)24(27(31)28(29)32)26(30)22-14-13-20-10-5-6-11-21(20)17-22/h4,7,9,12-14,17-18,25,30H,5-6,8,10-11,15-16H2,1-3H3/b26-24+. The molecule has 1 saturated heterocycles. The summed E-state index contributed by atoms with van der Waals surface area (Å²) >= 11 is 0. The molecule has 0 bridgehead atoms. The smallest absolute Gasteiger partial charge is 0.295 e. The Morgan fingerprint density at radius 3 is 2.55 bits per heavy atom. The maximum absolute atomic E-state index is 13.2. The third-order valence-electron chi connectivity index (χ3n) is 6.64. The Kier molecular flexibility index (Phi) is 6.99. The molecule has 5 nitrogen and oxygen atoms in total. The number of rotatable bonds is 7. The van der Waals surface area contributed by atoms with E-state index in [9.17, 15) is 14.7 Å². The number of aliphatic hydroxyl groups excluding tert-OH is 1. The molecule has 0 saturated carbocycles. The molecule has 1 amide bonds. The molecule has 1 aliphatic heterocycles. The molecule has 1 aliphatic carbocycles. The first-order valence-corrected chi connectivity index (χ1v) is 12.0. The lowest BCUT2D eigenvalue weighted by Crippen LogP contribution is -2.31. The molecule has 0 spiro atoms. The number of nitrogens with zero attached hydrogens (tertiary/aromatic N) is 1. The van der Waals surface area contributed by atoms with Gasteiger partial charge >= 0.3 is 0 Å². The van der Waals surface area contributed by atoms with Crippen LogP contribution in [0.25, 0.3) is 5.76 Å². The second-order valence-corrected chi connectivity index (χ2v) is 9.31. The van der Waals surface area contributed by atoms with E-state index in [2.05, 4.69) is 0 Å². The molecular formula is C28H33NO4. The van der Waals surface area contributed by atoms with Crippen molar-refractivity contribution in [1.82, 2.24) is 4.90 Å². The zero-order chi connectivity index (χ0) is 23.5. The van der Waals surface area contributed by atoms with Crippen LogP contribution in [0, 0.1) is 6.92 Å². The van der Waals surface area contributed by atoms with Crippen molar-refractivity contribution < 1.29 is 19.4 Å². The molecule has 1 unspecified atom stereocenters. The van der Waals surface area contributed by atoms with Crippen molar-refractivity contribution in [2.45, 2.75) is 65.0 Å². The van der Waals surface area contributed by atoms with Crippen molar-refractivity contribution in [3.05, 3.63) is 75.9 Å². The van der Waals surface area contributed by atoms with Crippen molar-refractivity contribution in [3.63, 3.8) is 0 Å². The zero-order valence-electron chi connectivity index (χ0n) is 19.8. The van der Waals surface area contributed by atoms with Gasteiger partial charge in [0.2, 0.25) is 0 Å². The molecule has 2 aliphatic rings. The summed E-state index contributed by atoms with van der Waals surface area (Å²) in [5.74, 6) is -1.27. The number of ether oxygens (including phenoxy) is 1.